The van der Waals surface area contributed by atoms with Crippen LogP contribution in [0.1, 0.15) is 31.9 Å². The number of alkyl halides is 6. The second kappa shape index (κ2) is 7.31. The molecule has 27 heavy (non-hydrogen) atoms. The molecule has 0 aromatic heterocycles. The molecule has 0 atom stereocenters. The minimum Gasteiger partial charge on any atom is -0.444 e. The Morgan fingerprint density at radius 1 is 1.07 bits per heavy atom. The average Bonchev–Trinajstić information content (AvgIpc) is 2.42. The number of carbonyl (C=O) groups excluding carboxylic acids is 1. The van der Waals surface area contributed by atoms with Crippen LogP contribution < -0.4 is 5.32 Å². The standard InChI is InChI=1S/C17H17F6NO3/c1-10-9-11(5-6-12(10)24-13(25)27-14(2,3)4)7-8-15(26,16(18,19)20)17(21,22)23/h5-6,9,26H,1-4H3,(H,24,25). The van der Waals surface area contributed by atoms with Gasteiger partial charge in [0.2, 0.25) is 0 Å². The Balaban J connectivity index is 3.12. The van der Waals surface area contributed by atoms with Gasteiger partial charge < -0.3 is 9.84 Å². The van der Waals surface area contributed by atoms with Gasteiger partial charge in [-0.1, -0.05) is 5.92 Å². The Hall–Kier alpha value is -2.41. The van der Waals surface area contributed by atoms with Crippen LogP contribution in [0.15, 0.2) is 18.2 Å². The van der Waals surface area contributed by atoms with Crippen LogP contribution >= 0.6 is 0 Å². The van der Waals surface area contributed by atoms with Crippen molar-refractivity contribution in [1.82, 2.24) is 0 Å². The summed E-state index contributed by atoms with van der Waals surface area (Å²) in [6.07, 6.45) is -12.8. The third-order valence-electron chi connectivity index (χ3n) is 3.07. The number of carbonyl (C=O) groups is 1. The molecule has 2 N–H and O–H groups in total. The monoisotopic (exact) mass is 397 g/mol. The highest BCUT2D eigenvalue weighted by atomic mass is 19.4. The first-order chi connectivity index (χ1) is 12.0. The van der Waals surface area contributed by atoms with Crippen molar-refractivity contribution in [2.24, 2.45) is 0 Å². The lowest BCUT2D eigenvalue weighted by atomic mass is 10.0. The number of hydrogen-bond acceptors (Lipinski definition) is 3. The van der Waals surface area contributed by atoms with E-state index in [0.717, 1.165) is 18.1 Å². The van der Waals surface area contributed by atoms with Crippen molar-refractivity contribution in [3.63, 3.8) is 0 Å². The van der Waals surface area contributed by atoms with Gasteiger partial charge in [0, 0.05) is 11.3 Å². The molecule has 0 aliphatic carbocycles. The number of aliphatic hydroxyl groups is 1. The van der Waals surface area contributed by atoms with E-state index < -0.39 is 29.6 Å². The molecule has 10 heteroatoms. The first-order valence-electron chi connectivity index (χ1n) is 7.46. The van der Waals surface area contributed by atoms with E-state index in [4.69, 9.17) is 9.84 Å². The van der Waals surface area contributed by atoms with Gasteiger partial charge in [-0.3, -0.25) is 5.32 Å². The number of aryl methyl sites for hydroxylation is 1. The zero-order chi connectivity index (χ0) is 21.3. The van der Waals surface area contributed by atoms with Gasteiger partial charge in [-0.05, 0) is 57.4 Å². The third kappa shape index (κ3) is 5.79. The predicted molar refractivity (Wildman–Crippen MR) is 85.0 cm³/mol. The molecular formula is C17H17F6NO3. The highest BCUT2D eigenvalue weighted by Crippen LogP contribution is 2.42. The summed E-state index contributed by atoms with van der Waals surface area (Å²) in [5, 5.41) is 11.4. The molecule has 1 rings (SSSR count). The smallest absolute Gasteiger partial charge is 0.438 e. The van der Waals surface area contributed by atoms with Gasteiger partial charge >= 0.3 is 24.0 Å². The Morgan fingerprint density at radius 3 is 2.00 bits per heavy atom. The Morgan fingerprint density at radius 2 is 1.59 bits per heavy atom. The second-order valence-electron chi connectivity index (χ2n) is 6.61. The van der Waals surface area contributed by atoms with Gasteiger partial charge in [0.15, 0.2) is 0 Å². The molecule has 0 spiro atoms. The van der Waals surface area contributed by atoms with Crippen molar-refractivity contribution in [2.75, 3.05) is 5.32 Å². The fraction of sp³-hybridized carbons (Fsp3) is 0.471. The quantitative estimate of drug-likeness (QED) is 0.540. The normalized spacial score (nSPS) is 12.9. The van der Waals surface area contributed by atoms with E-state index in [2.05, 4.69) is 5.32 Å². The van der Waals surface area contributed by atoms with Crippen molar-refractivity contribution < 1.29 is 41.0 Å². The highest BCUT2D eigenvalue weighted by molar-refractivity contribution is 5.86. The fourth-order valence-electron chi connectivity index (χ4n) is 1.76. The maximum Gasteiger partial charge on any atom is 0.438 e. The van der Waals surface area contributed by atoms with Crippen molar-refractivity contribution in [1.29, 1.82) is 0 Å². The van der Waals surface area contributed by atoms with Gasteiger partial charge in [-0.15, -0.1) is 0 Å². The molecule has 0 saturated carbocycles. The van der Waals surface area contributed by atoms with E-state index in [-0.39, 0.29) is 11.3 Å². The molecule has 4 nitrogen and oxygen atoms in total. The number of halogens is 6. The number of amides is 1. The zero-order valence-corrected chi connectivity index (χ0v) is 14.8. The van der Waals surface area contributed by atoms with Gasteiger partial charge in [0.25, 0.3) is 0 Å². The van der Waals surface area contributed by atoms with E-state index in [1.807, 2.05) is 0 Å². The SMILES string of the molecule is Cc1cc(C#CC(O)(C(F)(F)F)C(F)(F)F)ccc1NC(=O)OC(C)(C)C. The van der Waals surface area contributed by atoms with Crippen LogP contribution in [0.3, 0.4) is 0 Å². The lowest BCUT2D eigenvalue weighted by Gasteiger charge is -2.27. The number of benzene rings is 1. The number of ether oxygens (including phenoxy) is 1. The van der Waals surface area contributed by atoms with Crippen molar-refractivity contribution >= 4 is 11.8 Å². The molecule has 1 aromatic carbocycles. The van der Waals surface area contributed by atoms with Crippen molar-refractivity contribution in [3.8, 4) is 11.8 Å². The summed E-state index contributed by atoms with van der Waals surface area (Å²) in [5.41, 5.74) is -5.58. The minimum absolute atomic E-state index is 0.214. The third-order valence-corrected chi connectivity index (χ3v) is 3.07. The average molecular weight is 397 g/mol. The summed E-state index contributed by atoms with van der Waals surface area (Å²) in [6.45, 7) is 6.37. The van der Waals surface area contributed by atoms with Crippen LogP contribution in [0.5, 0.6) is 0 Å². The highest BCUT2D eigenvalue weighted by Gasteiger charge is 2.70. The van der Waals surface area contributed by atoms with Gasteiger partial charge in [0.1, 0.15) is 5.60 Å². The van der Waals surface area contributed by atoms with E-state index in [9.17, 15) is 31.1 Å². The molecule has 150 valence electrons. The summed E-state index contributed by atoms with van der Waals surface area (Å²) in [6, 6.07) is 3.50. The summed E-state index contributed by atoms with van der Waals surface area (Å²) >= 11 is 0. The summed E-state index contributed by atoms with van der Waals surface area (Å²) in [5.74, 6) is 2.53. The molecule has 0 saturated heterocycles. The van der Waals surface area contributed by atoms with E-state index in [1.54, 1.807) is 26.7 Å². The van der Waals surface area contributed by atoms with Crippen LogP contribution in [0, 0.1) is 18.8 Å². The van der Waals surface area contributed by atoms with Crippen molar-refractivity contribution in [2.45, 2.75) is 51.2 Å². The van der Waals surface area contributed by atoms with E-state index in [1.165, 1.54) is 13.0 Å². The number of anilines is 1. The first-order valence-corrected chi connectivity index (χ1v) is 7.46. The number of nitrogens with one attached hydrogen (secondary N) is 1. The molecule has 0 bridgehead atoms. The fourth-order valence-corrected chi connectivity index (χ4v) is 1.76. The minimum atomic E-state index is -6.02. The molecule has 0 heterocycles. The summed E-state index contributed by atoms with van der Waals surface area (Å²) in [4.78, 5) is 11.7. The Labute approximate surface area is 151 Å². The molecule has 0 unspecified atom stereocenters. The van der Waals surface area contributed by atoms with Crippen molar-refractivity contribution in [3.05, 3.63) is 29.3 Å². The first kappa shape index (κ1) is 22.6. The molecule has 1 amide bonds. The van der Waals surface area contributed by atoms with Crippen LogP contribution in [0.25, 0.3) is 0 Å². The van der Waals surface area contributed by atoms with Gasteiger partial charge in [-0.2, -0.15) is 26.3 Å². The lowest BCUT2D eigenvalue weighted by Crippen LogP contribution is -2.55. The number of rotatable bonds is 1. The Kier molecular flexibility index (Phi) is 6.12. The van der Waals surface area contributed by atoms with Crippen LogP contribution in [0.4, 0.5) is 36.8 Å². The van der Waals surface area contributed by atoms with Crippen LogP contribution in [-0.2, 0) is 4.74 Å². The maximum atomic E-state index is 12.6. The van der Waals surface area contributed by atoms with E-state index >= 15 is 0 Å². The second-order valence-corrected chi connectivity index (χ2v) is 6.61. The van der Waals surface area contributed by atoms with Gasteiger partial charge in [-0.25, -0.2) is 4.79 Å². The summed E-state index contributed by atoms with van der Waals surface area (Å²) < 4.78 is 80.6. The molecule has 0 aliphatic rings. The van der Waals surface area contributed by atoms with E-state index in [0.29, 0.717) is 5.56 Å². The topological polar surface area (TPSA) is 58.6 Å². The Bertz CT molecular complexity index is 752. The molecule has 0 radical (unpaired) electrons. The summed E-state index contributed by atoms with van der Waals surface area (Å²) in [7, 11) is 0. The van der Waals surface area contributed by atoms with Crippen LogP contribution in [-0.4, -0.2) is 34.8 Å². The maximum absolute atomic E-state index is 12.6. The largest absolute Gasteiger partial charge is 0.444 e. The lowest BCUT2D eigenvalue weighted by molar-refractivity contribution is -0.343. The zero-order valence-electron chi connectivity index (χ0n) is 14.8. The molecular weight excluding hydrogens is 380 g/mol. The van der Waals surface area contributed by atoms with Gasteiger partial charge in [0.05, 0.1) is 0 Å². The molecule has 1 aromatic rings. The molecule has 0 fully saturated rings. The van der Waals surface area contributed by atoms with Crippen LogP contribution in [0.2, 0.25) is 0 Å². The molecule has 0 aliphatic heterocycles. The number of hydrogen-bond donors (Lipinski definition) is 2. The predicted octanol–water partition coefficient (Wildman–Crippen LogP) is 4.55.